The van der Waals surface area contributed by atoms with E-state index in [0.717, 1.165) is 11.5 Å². The van der Waals surface area contributed by atoms with Crippen molar-refractivity contribution in [3.63, 3.8) is 0 Å². The topological polar surface area (TPSA) is 168 Å². The molecule has 0 spiro atoms. The number of aldehydes is 2. The van der Waals surface area contributed by atoms with Crippen molar-refractivity contribution in [2.45, 2.75) is 0 Å². The summed E-state index contributed by atoms with van der Waals surface area (Å²) in [5, 5.41) is 38.0. The van der Waals surface area contributed by atoms with Crippen molar-refractivity contribution in [3.8, 4) is 23.0 Å². The maximum atomic E-state index is 11.1. The quantitative estimate of drug-likeness (QED) is 0.0923. The van der Waals surface area contributed by atoms with Crippen molar-refractivity contribution < 1.29 is 45.8 Å². The number of azo groups is 2. The maximum absolute atomic E-state index is 11.1. The molecule has 238 valence electrons. The molecule has 0 fully saturated rings. The first-order valence-corrected chi connectivity index (χ1v) is 13.7. The summed E-state index contributed by atoms with van der Waals surface area (Å²) in [6, 6.07) is 24.1. The summed E-state index contributed by atoms with van der Waals surface area (Å²) in [6.07, 6.45) is 4.22. The van der Waals surface area contributed by atoms with E-state index < -0.39 is 0 Å². The molecule has 47 heavy (non-hydrogen) atoms. The van der Waals surface area contributed by atoms with E-state index in [1.807, 2.05) is 0 Å². The van der Waals surface area contributed by atoms with Crippen molar-refractivity contribution in [2.24, 2.45) is 20.5 Å². The van der Waals surface area contributed by atoms with Crippen molar-refractivity contribution >= 4 is 57.1 Å². The smallest absolute Gasteiger partial charge is 0.153 e. The molecule has 0 atom stereocenters. The number of hydrogen-bond donors (Lipinski definition) is 2. The summed E-state index contributed by atoms with van der Waals surface area (Å²) >= 11 is 0. The first kappa shape index (κ1) is 33.8. The minimum atomic E-state index is -0.154. The van der Waals surface area contributed by atoms with E-state index in [2.05, 4.69) is 30.4 Å². The van der Waals surface area contributed by atoms with Crippen LogP contribution in [0.3, 0.4) is 0 Å². The van der Waals surface area contributed by atoms with Crippen molar-refractivity contribution in [2.75, 3.05) is 14.2 Å². The van der Waals surface area contributed by atoms with Crippen LogP contribution in [0.1, 0.15) is 20.7 Å². The fraction of sp³-hybridized carbons (Fsp3) is 0.0588. The zero-order valence-electron chi connectivity index (χ0n) is 24.9. The van der Waals surface area contributed by atoms with Crippen molar-refractivity contribution in [1.29, 1.82) is 0 Å². The normalized spacial score (nSPS) is 10.8. The fourth-order valence-corrected chi connectivity index (χ4v) is 4.33. The van der Waals surface area contributed by atoms with Gasteiger partial charge in [-0.05, 0) is 84.9 Å². The second-order valence-corrected chi connectivity index (χ2v) is 9.50. The number of benzene rings is 4. The molecule has 0 aliphatic rings. The van der Waals surface area contributed by atoms with Crippen molar-refractivity contribution in [1.82, 2.24) is 9.97 Å². The van der Waals surface area contributed by atoms with E-state index >= 15 is 0 Å². The van der Waals surface area contributed by atoms with E-state index in [0.29, 0.717) is 57.1 Å². The summed E-state index contributed by atoms with van der Waals surface area (Å²) in [5.74, 6) is 1.15. The Morgan fingerprint density at radius 3 is 1.32 bits per heavy atom. The molecule has 0 bridgehead atoms. The number of fused-ring (bicyclic) bond motifs is 2. The number of aromatic hydroxyl groups is 2. The van der Waals surface area contributed by atoms with Crippen LogP contribution in [0, 0.1) is 0 Å². The Morgan fingerprint density at radius 1 is 0.596 bits per heavy atom. The number of aromatic nitrogens is 2. The summed E-state index contributed by atoms with van der Waals surface area (Å²) in [7, 11) is 3.18. The molecule has 0 aliphatic carbocycles. The number of methoxy groups -OCH3 is 2. The van der Waals surface area contributed by atoms with Crippen molar-refractivity contribution in [3.05, 3.63) is 108 Å². The molecular formula is C34H26N6NiO6. The third-order valence-electron chi connectivity index (χ3n) is 6.69. The Bertz CT molecular complexity index is 1940. The largest absolute Gasteiger partial charge is 0.505 e. The number of carbonyl (C=O) groups is 2. The van der Waals surface area contributed by atoms with Gasteiger partial charge in [0.2, 0.25) is 0 Å². The molecule has 2 N–H and O–H groups in total. The van der Waals surface area contributed by atoms with Crippen LogP contribution in [0.25, 0.3) is 21.8 Å². The molecule has 6 rings (SSSR count). The molecule has 12 nitrogen and oxygen atoms in total. The van der Waals surface area contributed by atoms with Gasteiger partial charge in [0.15, 0.2) is 24.1 Å². The van der Waals surface area contributed by atoms with E-state index in [1.165, 1.54) is 12.1 Å². The van der Waals surface area contributed by atoms with Gasteiger partial charge in [-0.1, -0.05) is 0 Å². The van der Waals surface area contributed by atoms with Gasteiger partial charge >= 0.3 is 0 Å². The van der Waals surface area contributed by atoms with Crippen LogP contribution < -0.4 is 9.47 Å². The van der Waals surface area contributed by atoms with Crippen LogP contribution in [-0.2, 0) is 16.5 Å². The van der Waals surface area contributed by atoms with Crippen LogP contribution in [0.2, 0.25) is 0 Å². The molecule has 0 saturated heterocycles. The molecule has 0 saturated carbocycles. The van der Waals surface area contributed by atoms with Crippen LogP contribution in [0.4, 0.5) is 22.7 Å². The Morgan fingerprint density at radius 2 is 0.979 bits per heavy atom. The average molecular weight is 673 g/mol. The van der Waals surface area contributed by atoms with Crippen LogP contribution in [0.5, 0.6) is 23.0 Å². The number of hydrogen-bond acceptors (Lipinski definition) is 12. The Hall–Kier alpha value is -6.07. The Labute approximate surface area is 278 Å². The third kappa shape index (κ3) is 7.78. The fourth-order valence-electron chi connectivity index (χ4n) is 4.33. The van der Waals surface area contributed by atoms with E-state index in [1.54, 1.807) is 99.4 Å². The SMILES string of the molecule is COc1ccc(N=Nc2cc(C=O)c(O)c3ncccc23)cc1.COc1ccc(N=Nc2cc(C=O)c(O)c3ncccc23)cc1.[Ni]. The van der Waals surface area contributed by atoms with Crippen LogP contribution in [-0.4, -0.2) is 47.0 Å². The summed E-state index contributed by atoms with van der Waals surface area (Å²) in [5.41, 5.74) is 3.10. The van der Waals surface area contributed by atoms with Gasteiger partial charge in [0.05, 0.1) is 48.1 Å². The maximum Gasteiger partial charge on any atom is 0.153 e. The number of pyridine rings is 2. The molecule has 13 heteroatoms. The molecule has 0 amide bonds. The second-order valence-electron chi connectivity index (χ2n) is 9.50. The van der Waals surface area contributed by atoms with Gasteiger partial charge in [-0.25, -0.2) is 0 Å². The molecule has 0 aliphatic heterocycles. The van der Waals surface area contributed by atoms with E-state index in [9.17, 15) is 19.8 Å². The van der Waals surface area contributed by atoms with E-state index in [4.69, 9.17) is 9.47 Å². The third-order valence-corrected chi connectivity index (χ3v) is 6.69. The van der Waals surface area contributed by atoms with Gasteiger partial charge in [-0.2, -0.15) is 10.2 Å². The molecule has 2 aromatic heterocycles. The van der Waals surface area contributed by atoms with Gasteiger partial charge in [0.25, 0.3) is 0 Å². The number of phenols is 2. The Kier molecular flexibility index (Phi) is 11.4. The number of phenolic OH excluding ortho intramolecular Hbond substituents is 2. The predicted octanol–water partition coefficient (Wildman–Crippen LogP) is 8.35. The van der Waals surface area contributed by atoms with E-state index in [-0.39, 0.29) is 39.1 Å². The van der Waals surface area contributed by atoms with Gasteiger partial charge in [-0.3, -0.25) is 19.6 Å². The second kappa shape index (κ2) is 15.8. The number of carbonyl (C=O) groups excluding carboxylic acids is 2. The van der Waals surface area contributed by atoms with Crippen LogP contribution in [0.15, 0.2) is 118 Å². The minimum Gasteiger partial charge on any atom is -0.505 e. The van der Waals surface area contributed by atoms with Gasteiger partial charge < -0.3 is 19.7 Å². The molecule has 0 unspecified atom stereocenters. The Balaban J connectivity index is 0.000000208. The zero-order chi connectivity index (χ0) is 32.5. The molecule has 6 aromatic rings. The summed E-state index contributed by atoms with van der Waals surface area (Å²) < 4.78 is 10.2. The minimum absolute atomic E-state index is 0. The molecule has 0 radical (unpaired) electrons. The number of nitrogens with zero attached hydrogens (tertiary/aromatic N) is 6. The average Bonchev–Trinajstić information content (AvgIpc) is 3.12. The zero-order valence-corrected chi connectivity index (χ0v) is 25.9. The number of ether oxygens (including phenoxy) is 2. The number of rotatable bonds is 8. The predicted molar refractivity (Wildman–Crippen MR) is 172 cm³/mol. The summed E-state index contributed by atoms with van der Waals surface area (Å²) in [6.45, 7) is 0. The first-order chi connectivity index (χ1) is 22.4. The monoisotopic (exact) mass is 672 g/mol. The van der Waals surface area contributed by atoms with Gasteiger partial charge in [0, 0.05) is 39.7 Å². The molecule has 2 heterocycles. The van der Waals surface area contributed by atoms with Crippen LogP contribution >= 0.6 is 0 Å². The standard InChI is InChI=1S/2C17H13N3O3.Ni/c2*1-23-13-6-4-12(5-7-13)19-20-15-9-11(10-21)17(22)16-14(15)3-2-8-18-16;/h2*2-10,22H,1H3;. The summed E-state index contributed by atoms with van der Waals surface area (Å²) in [4.78, 5) is 30.4. The van der Waals surface area contributed by atoms with Gasteiger partial charge in [0.1, 0.15) is 22.5 Å². The molecule has 4 aromatic carbocycles. The van der Waals surface area contributed by atoms with Gasteiger partial charge in [-0.15, -0.1) is 10.2 Å². The first-order valence-electron chi connectivity index (χ1n) is 13.7. The molecular weight excluding hydrogens is 647 g/mol.